The third-order valence-electron chi connectivity index (χ3n) is 4.10. The normalized spacial score (nSPS) is 18.0. The smallest absolute Gasteiger partial charge is 0.383 e. The van der Waals surface area contributed by atoms with Gasteiger partial charge in [0.05, 0.1) is 6.20 Å². The maximum absolute atomic E-state index is 12.5. The number of aromatic nitrogens is 2. The van der Waals surface area contributed by atoms with Gasteiger partial charge in [-0.2, -0.15) is 18.3 Å². The molecule has 2 N–H and O–H groups in total. The maximum Gasteiger partial charge on any atom is 0.414 e. The zero-order chi connectivity index (χ0) is 17.9. The lowest BCUT2D eigenvalue weighted by Crippen LogP contribution is -2.46. The average molecular weight is 348 g/mol. The number of carbonyl (C=O) groups excluding carboxylic acids is 1. The first-order chi connectivity index (χ1) is 11.2. The van der Waals surface area contributed by atoms with Gasteiger partial charge in [0.2, 0.25) is 0 Å². The Morgan fingerprint density at radius 2 is 2.04 bits per heavy atom. The van der Waals surface area contributed by atoms with Crippen molar-refractivity contribution in [3.8, 4) is 0 Å². The van der Waals surface area contributed by atoms with Crippen LogP contribution in [0.25, 0.3) is 0 Å². The molecule has 9 heteroatoms. The summed E-state index contributed by atoms with van der Waals surface area (Å²) in [5.41, 5.74) is 0. The Bertz CT molecular complexity index is 551. The van der Waals surface area contributed by atoms with Crippen molar-refractivity contribution >= 4 is 11.8 Å². The molecule has 0 aliphatic carbocycles. The van der Waals surface area contributed by atoms with E-state index in [4.69, 9.17) is 0 Å². The Balaban J connectivity index is 1.88. The SMILES string of the molecule is CC(C)Cn1nccc1NC(=O)N1CCC(C(O)C(F)(F)F)CC1. The highest BCUT2D eigenvalue weighted by atomic mass is 19.4. The van der Waals surface area contributed by atoms with Gasteiger partial charge >= 0.3 is 12.2 Å². The predicted molar refractivity (Wildman–Crippen MR) is 82.4 cm³/mol. The molecule has 0 saturated carbocycles. The fourth-order valence-corrected chi connectivity index (χ4v) is 2.80. The predicted octanol–water partition coefficient (Wildman–Crippen LogP) is 2.71. The molecule has 24 heavy (non-hydrogen) atoms. The third-order valence-corrected chi connectivity index (χ3v) is 4.10. The Morgan fingerprint density at radius 1 is 1.42 bits per heavy atom. The number of nitrogens with one attached hydrogen (secondary N) is 1. The molecule has 2 heterocycles. The van der Waals surface area contributed by atoms with Gasteiger partial charge < -0.3 is 10.0 Å². The summed E-state index contributed by atoms with van der Waals surface area (Å²) in [5, 5.41) is 16.2. The molecule has 1 aromatic heterocycles. The summed E-state index contributed by atoms with van der Waals surface area (Å²) in [6, 6.07) is 1.32. The van der Waals surface area contributed by atoms with Crippen molar-refractivity contribution in [1.82, 2.24) is 14.7 Å². The lowest BCUT2D eigenvalue weighted by Gasteiger charge is -2.34. The van der Waals surface area contributed by atoms with Gasteiger partial charge in [-0.15, -0.1) is 0 Å². The van der Waals surface area contributed by atoms with Crippen molar-refractivity contribution < 1.29 is 23.1 Å². The number of amides is 2. The molecule has 2 rings (SSSR count). The molecule has 0 spiro atoms. The molecule has 0 aromatic carbocycles. The van der Waals surface area contributed by atoms with Crippen LogP contribution >= 0.6 is 0 Å². The molecule has 0 radical (unpaired) electrons. The second kappa shape index (κ2) is 7.42. The van der Waals surface area contributed by atoms with Crippen LogP contribution in [0.2, 0.25) is 0 Å². The van der Waals surface area contributed by atoms with Gasteiger partial charge in [-0.05, 0) is 24.7 Å². The Morgan fingerprint density at radius 3 is 2.58 bits per heavy atom. The fourth-order valence-electron chi connectivity index (χ4n) is 2.80. The number of likely N-dealkylation sites (tertiary alicyclic amines) is 1. The summed E-state index contributed by atoms with van der Waals surface area (Å²) in [6.45, 7) is 5.08. The first-order valence-electron chi connectivity index (χ1n) is 8.01. The van der Waals surface area contributed by atoms with Crippen LogP contribution in [-0.4, -0.2) is 51.2 Å². The molecule has 1 aromatic rings. The van der Waals surface area contributed by atoms with Crippen molar-refractivity contribution in [3.63, 3.8) is 0 Å². The van der Waals surface area contributed by atoms with E-state index in [2.05, 4.69) is 10.4 Å². The van der Waals surface area contributed by atoms with Gasteiger partial charge in [0, 0.05) is 25.7 Å². The minimum absolute atomic E-state index is 0.124. The molecule has 1 fully saturated rings. The van der Waals surface area contributed by atoms with Crippen LogP contribution in [0.15, 0.2) is 12.3 Å². The Hall–Kier alpha value is -1.77. The highest BCUT2D eigenvalue weighted by Gasteiger charge is 2.44. The lowest BCUT2D eigenvalue weighted by molar-refractivity contribution is -0.222. The van der Waals surface area contributed by atoms with Crippen LogP contribution in [0.1, 0.15) is 26.7 Å². The van der Waals surface area contributed by atoms with Crippen molar-refractivity contribution in [1.29, 1.82) is 0 Å². The van der Waals surface area contributed by atoms with E-state index in [9.17, 15) is 23.1 Å². The summed E-state index contributed by atoms with van der Waals surface area (Å²) in [4.78, 5) is 13.7. The highest BCUT2D eigenvalue weighted by molar-refractivity contribution is 5.88. The Labute approximate surface area is 138 Å². The van der Waals surface area contributed by atoms with Crippen molar-refractivity contribution in [2.24, 2.45) is 11.8 Å². The van der Waals surface area contributed by atoms with Gasteiger partial charge in [0.25, 0.3) is 0 Å². The molecule has 1 atom stereocenters. The fraction of sp³-hybridized carbons (Fsp3) is 0.733. The molecule has 136 valence electrons. The first kappa shape index (κ1) is 18.6. The zero-order valence-corrected chi connectivity index (χ0v) is 13.8. The van der Waals surface area contributed by atoms with Crippen molar-refractivity contribution in [2.75, 3.05) is 18.4 Å². The van der Waals surface area contributed by atoms with E-state index in [0.29, 0.717) is 18.3 Å². The van der Waals surface area contributed by atoms with Gasteiger partial charge in [0.15, 0.2) is 6.10 Å². The number of piperidine rings is 1. The second-order valence-electron chi connectivity index (χ2n) is 6.53. The summed E-state index contributed by atoms with van der Waals surface area (Å²) < 4.78 is 39.3. The summed E-state index contributed by atoms with van der Waals surface area (Å²) in [6.07, 6.45) is -5.10. The van der Waals surface area contributed by atoms with Crippen molar-refractivity contribution in [2.45, 2.75) is 45.5 Å². The number of urea groups is 1. The first-order valence-corrected chi connectivity index (χ1v) is 8.01. The molecule has 0 bridgehead atoms. The van der Waals surface area contributed by atoms with E-state index in [0.717, 1.165) is 0 Å². The molecule has 1 aliphatic rings. The number of aliphatic hydroxyl groups excluding tert-OH is 1. The number of nitrogens with zero attached hydrogens (tertiary/aromatic N) is 3. The number of halogens is 3. The van der Waals surface area contributed by atoms with Crippen LogP contribution < -0.4 is 5.32 Å². The quantitative estimate of drug-likeness (QED) is 0.879. The van der Waals surface area contributed by atoms with E-state index < -0.39 is 18.2 Å². The number of aliphatic hydroxyl groups is 1. The molecule has 1 unspecified atom stereocenters. The number of alkyl halides is 3. The molecule has 1 saturated heterocycles. The number of hydrogen-bond donors (Lipinski definition) is 2. The van der Waals surface area contributed by atoms with Gasteiger partial charge in [0.1, 0.15) is 5.82 Å². The lowest BCUT2D eigenvalue weighted by atomic mass is 9.91. The molecule has 1 aliphatic heterocycles. The van der Waals surface area contributed by atoms with Crippen LogP contribution in [0, 0.1) is 11.8 Å². The second-order valence-corrected chi connectivity index (χ2v) is 6.53. The Kier molecular flexibility index (Phi) is 5.74. The standard InChI is InChI=1S/C15H23F3N4O2/c1-10(2)9-22-12(3-6-19-22)20-14(24)21-7-4-11(5-8-21)13(23)15(16,17)18/h3,6,10-11,13,23H,4-5,7-9H2,1-2H3,(H,20,24). The number of hydrogen-bond acceptors (Lipinski definition) is 3. The van der Waals surface area contributed by atoms with E-state index in [-0.39, 0.29) is 32.0 Å². The monoisotopic (exact) mass is 348 g/mol. The van der Waals surface area contributed by atoms with E-state index in [1.165, 1.54) is 4.90 Å². The van der Waals surface area contributed by atoms with E-state index in [1.54, 1.807) is 16.9 Å². The summed E-state index contributed by atoms with van der Waals surface area (Å²) in [7, 11) is 0. The van der Waals surface area contributed by atoms with Crippen LogP contribution in [0.4, 0.5) is 23.8 Å². The van der Waals surface area contributed by atoms with Gasteiger partial charge in [-0.25, -0.2) is 9.48 Å². The zero-order valence-electron chi connectivity index (χ0n) is 13.8. The van der Waals surface area contributed by atoms with Gasteiger partial charge in [-0.1, -0.05) is 13.8 Å². The third kappa shape index (κ3) is 4.62. The maximum atomic E-state index is 12.5. The topological polar surface area (TPSA) is 70.4 Å². The van der Waals surface area contributed by atoms with E-state index in [1.807, 2.05) is 13.8 Å². The number of carbonyl (C=O) groups is 1. The van der Waals surface area contributed by atoms with Gasteiger partial charge in [-0.3, -0.25) is 5.32 Å². The molecular weight excluding hydrogens is 325 g/mol. The largest absolute Gasteiger partial charge is 0.414 e. The molecule has 2 amide bonds. The minimum atomic E-state index is -4.61. The average Bonchev–Trinajstić information content (AvgIpc) is 2.92. The van der Waals surface area contributed by atoms with Crippen LogP contribution in [0.3, 0.4) is 0 Å². The van der Waals surface area contributed by atoms with Crippen LogP contribution in [-0.2, 0) is 6.54 Å². The number of anilines is 1. The molecule has 6 nitrogen and oxygen atoms in total. The molecular formula is C15H23F3N4O2. The summed E-state index contributed by atoms with van der Waals surface area (Å²) >= 11 is 0. The number of rotatable bonds is 4. The van der Waals surface area contributed by atoms with E-state index >= 15 is 0 Å². The minimum Gasteiger partial charge on any atom is -0.383 e. The van der Waals surface area contributed by atoms with Crippen molar-refractivity contribution in [3.05, 3.63) is 12.3 Å². The highest BCUT2D eigenvalue weighted by Crippen LogP contribution is 2.31. The van der Waals surface area contributed by atoms with Crippen LogP contribution in [0.5, 0.6) is 0 Å². The summed E-state index contributed by atoms with van der Waals surface area (Å²) in [5.74, 6) is 0.0619.